The van der Waals surface area contributed by atoms with Gasteiger partial charge >= 0.3 is 0 Å². The molecule has 29 heavy (non-hydrogen) atoms. The molecule has 0 saturated heterocycles. The second-order valence-corrected chi connectivity index (χ2v) is 10.3. The highest BCUT2D eigenvalue weighted by atomic mass is 35.5. The number of benzene rings is 2. The summed E-state index contributed by atoms with van der Waals surface area (Å²) in [6, 6.07) is 10.4. The Labute approximate surface area is 182 Å². The zero-order valence-corrected chi connectivity index (χ0v) is 19.1. The van der Waals surface area contributed by atoms with Gasteiger partial charge in [0, 0.05) is 24.3 Å². The van der Waals surface area contributed by atoms with Crippen LogP contribution in [0.5, 0.6) is 0 Å². The molecule has 0 atom stereocenters. The van der Waals surface area contributed by atoms with E-state index in [9.17, 15) is 13.2 Å². The van der Waals surface area contributed by atoms with Crippen molar-refractivity contribution < 1.29 is 13.2 Å². The van der Waals surface area contributed by atoms with Gasteiger partial charge in [0.25, 0.3) is 15.9 Å². The Morgan fingerprint density at radius 2 is 1.76 bits per heavy atom. The lowest BCUT2D eigenvalue weighted by molar-refractivity contribution is 0.0929. The van der Waals surface area contributed by atoms with Crippen molar-refractivity contribution >= 4 is 44.8 Å². The number of hydrogen-bond donors (Lipinski definition) is 2. The minimum atomic E-state index is -3.87. The van der Waals surface area contributed by atoms with Crippen LogP contribution in [0.4, 0.5) is 5.69 Å². The highest BCUT2D eigenvalue weighted by Crippen LogP contribution is 2.26. The van der Waals surface area contributed by atoms with Crippen LogP contribution in [0, 0.1) is 5.41 Å². The van der Waals surface area contributed by atoms with E-state index >= 15 is 0 Å². The monoisotopic (exact) mass is 457 g/mol. The summed E-state index contributed by atoms with van der Waals surface area (Å²) in [4.78, 5) is 14.6. The third-order valence-electron chi connectivity index (χ3n) is 4.05. The molecule has 2 N–H and O–H groups in total. The number of rotatable bonds is 8. The van der Waals surface area contributed by atoms with Crippen LogP contribution in [0.15, 0.2) is 47.4 Å². The Morgan fingerprint density at radius 1 is 1.07 bits per heavy atom. The number of halogens is 2. The topological polar surface area (TPSA) is 78.5 Å². The molecule has 2 rings (SSSR count). The maximum atomic E-state index is 12.6. The molecule has 0 aromatic heterocycles. The molecule has 2 aromatic rings. The van der Waals surface area contributed by atoms with Gasteiger partial charge in [-0.15, -0.1) is 0 Å². The number of carbonyl (C=O) groups is 1. The van der Waals surface area contributed by atoms with Gasteiger partial charge in [-0.2, -0.15) is 0 Å². The molecule has 0 fully saturated rings. The molecule has 0 aliphatic carbocycles. The molecule has 158 valence electrons. The van der Waals surface area contributed by atoms with Crippen molar-refractivity contribution in [3.63, 3.8) is 0 Å². The van der Waals surface area contributed by atoms with Gasteiger partial charge in [-0.3, -0.25) is 9.52 Å². The Hall–Kier alpha value is -1.80. The Bertz CT molecular complexity index is 992. The number of sulfonamides is 1. The number of nitrogens with one attached hydrogen (secondary N) is 2. The zero-order valence-electron chi connectivity index (χ0n) is 16.8. The van der Waals surface area contributed by atoms with E-state index in [0.29, 0.717) is 12.1 Å². The summed E-state index contributed by atoms with van der Waals surface area (Å²) < 4.78 is 27.6. The van der Waals surface area contributed by atoms with Gasteiger partial charge in [-0.1, -0.05) is 43.1 Å². The fraction of sp³-hybridized carbons (Fsp3) is 0.350. The van der Waals surface area contributed by atoms with E-state index in [2.05, 4.69) is 28.8 Å². The van der Waals surface area contributed by atoms with Crippen LogP contribution in [0.3, 0.4) is 0 Å². The molecule has 0 heterocycles. The van der Waals surface area contributed by atoms with Gasteiger partial charge in [0.05, 0.1) is 14.9 Å². The number of amides is 1. The molecule has 0 bridgehead atoms. The van der Waals surface area contributed by atoms with Gasteiger partial charge < -0.3 is 10.2 Å². The van der Waals surface area contributed by atoms with Crippen LogP contribution in [0.2, 0.25) is 10.0 Å². The molecule has 0 aliphatic rings. The molecule has 1 amide bonds. The highest BCUT2D eigenvalue weighted by molar-refractivity contribution is 7.92. The van der Waals surface area contributed by atoms with Gasteiger partial charge in [0.2, 0.25) is 0 Å². The fourth-order valence-corrected chi connectivity index (χ4v) is 4.35. The van der Waals surface area contributed by atoms with Crippen LogP contribution < -0.4 is 10.0 Å². The van der Waals surface area contributed by atoms with Gasteiger partial charge in [-0.05, 0) is 55.9 Å². The lowest BCUT2D eigenvalue weighted by atomic mass is 9.93. The van der Waals surface area contributed by atoms with Crippen molar-refractivity contribution in [3.8, 4) is 0 Å². The Kier molecular flexibility index (Phi) is 7.56. The highest BCUT2D eigenvalue weighted by Gasteiger charge is 2.21. The quantitative estimate of drug-likeness (QED) is 0.624. The number of anilines is 1. The lowest BCUT2D eigenvalue weighted by Gasteiger charge is -2.28. The van der Waals surface area contributed by atoms with Crippen molar-refractivity contribution in [1.82, 2.24) is 10.2 Å². The van der Waals surface area contributed by atoms with E-state index in [1.54, 1.807) is 18.2 Å². The summed E-state index contributed by atoms with van der Waals surface area (Å²) in [5, 5.41) is 3.31. The molecule has 0 aliphatic heterocycles. The lowest BCUT2D eigenvalue weighted by Crippen LogP contribution is -2.39. The molecule has 0 spiro atoms. The number of nitrogens with zero attached hydrogens (tertiary/aromatic N) is 1. The van der Waals surface area contributed by atoms with E-state index < -0.39 is 10.0 Å². The maximum absolute atomic E-state index is 12.6. The smallest absolute Gasteiger partial charge is 0.261 e. The predicted octanol–water partition coefficient (Wildman–Crippen LogP) is 4.11. The average Bonchev–Trinajstić information content (AvgIpc) is 2.60. The molecule has 9 heteroatoms. The summed E-state index contributed by atoms with van der Waals surface area (Å²) >= 11 is 11.8. The first-order valence-corrected chi connectivity index (χ1v) is 11.1. The van der Waals surface area contributed by atoms with Crippen molar-refractivity contribution in [1.29, 1.82) is 0 Å². The zero-order chi connectivity index (χ0) is 21.8. The minimum absolute atomic E-state index is 0.0211. The first kappa shape index (κ1) is 23.5. The Morgan fingerprint density at radius 3 is 2.38 bits per heavy atom. The van der Waals surface area contributed by atoms with Crippen LogP contribution in [-0.4, -0.2) is 46.4 Å². The van der Waals surface area contributed by atoms with Crippen LogP contribution in [-0.2, 0) is 10.0 Å². The molecule has 6 nitrogen and oxygen atoms in total. The van der Waals surface area contributed by atoms with Gasteiger partial charge in [-0.25, -0.2) is 8.42 Å². The van der Waals surface area contributed by atoms with Crippen molar-refractivity contribution in [2.45, 2.75) is 18.7 Å². The van der Waals surface area contributed by atoms with E-state index in [4.69, 9.17) is 23.2 Å². The van der Waals surface area contributed by atoms with E-state index in [0.717, 1.165) is 6.54 Å². The largest absolute Gasteiger partial charge is 0.351 e. The van der Waals surface area contributed by atoms with E-state index in [1.165, 1.54) is 24.3 Å². The third-order valence-corrected chi connectivity index (χ3v) is 6.17. The van der Waals surface area contributed by atoms with Crippen molar-refractivity contribution in [2.24, 2.45) is 5.41 Å². The van der Waals surface area contributed by atoms with Crippen molar-refractivity contribution in [2.75, 3.05) is 31.9 Å². The summed E-state index contributed by atoms with van der Waals surface area (Å²) in [6.45, 7) is 5.43. The third kappa shape index (κ3) is 6.89. The van der Waals surface area contributed by atoms with Crippen molar-refractivity contribution in [3.05, 3.63) is 58.1 Å². The first-order valence-electron chi connectivity index (χ1n) is 8.90. The van der Waals surface area contributed by atoms with Gasteiger partial charge in [0.15, 0.2) is 0 Å². The average molecular weight is 458 g/mol. The van der Waals surface area contributed by atoms with Crippen LogP contribution >= 0.6 is 23.2 Å². The standard InChI is InChI=1S/C20H25Cl2N3O3S/c1-20(2,13-25(3)4)12-23-19(26)14-6-5-7-15(10-14)24-29(27,28)16-8-9-17(21)18(22)11-16/h5-11,24H,12-13H2,1-4H3,(H,23,26). The molecule has 0 radical (unpaired) electrons. The second kappa shape index (κ2) is 9.34. The SMILES string of the molecule is CN(C)CC(C)(C)CNC(=O)c1cccc(NS(=O)(=O)c2ccc(Cl)c(Cl)c2)c1. The Balaban J connectivity index is 2.12. The number of carbonyl (C=O) groups excluding carboxylic acids is 1. The van der Waals surface area contributed by atoms with Crippen LogP contribution in [0.1, 0.15) is 24.2 Å². The van der Waals surface area contributed by atoms with Crippen LogP contribution in [0.25, 0.3) is 0 Å². The summed E-state index contributed by atoms with van der Waals surface area (Å²) in [7, 11) is 0.0840. The maximum Gasteiger partial charge on any atom is 0.261 e. The van der Waals surface area contributed by atoms with E-state index in [1.807, 2.05) is 14.1 Å². The molecule has 0 saturated carbocycles. The minimum Gasteiger partial charge on any atom is -0.351 e. The second-order valence-electron chi connectivity index (χ2n) is 7.85. The molecule has 0 unspecified atom stereocenters. The summed E-state index contributed by atoms with van der Waals surface area (Å²) in [5.41, 5.74) is 0.530. The molecule has 2 aromatic carbocycles. The number of hydrogen-bond acceptors (Lipinski definition) is 4. The van der Waals surface area contributed by atoms with E-state index in [-0.39, 0.29) is 32.0 Å². The summed E-state index contributed by atoms with van der Waals surface area (Å²) in [5.74, 6) is -0.271. The molecular formula is C20H25Cl2N3O3S. The normalized spacial score (nSPS) is 12.1. The summed E-state index contributed by atoms with van der Waals surface area (Å²) in [6.07, 6.45) is 0. The van der Waals surface area contributed by atoms with Gasteiger partial charge in [0.1, 0.15) is 0 Å². The molecular weight excluding hydrogens is 433 g/mol. The first-order chi connectivity index (χ1) is 13.4. The fourth-order valence-electron chi connectivity index (χ4n) is 2.92. The predicted molar refractivity (Wildman–Crippen MR) is 118 cm³/mol.